The second-order valence-corrected chi connectivity index (χ2v) is 15.4. The van der Waals surface area contributed by atoms with E-state index >= 15 is 0 Å². The van der Waals surface area contributed by atoms with Crippen molar-refractivity contribution in [1.82, 2.24) is 15.6 Å². The zero-order chi connectivity index (χ0) is 40.5. The quantitative estimate of drug-likeness (QED) is 0.0663. The second-order valence-electron chi connectivity index (χ2n) is 15.0. The third-order valence-corrected chi connectivity index (χ3v) is 11.2. The minimum atomic E-state index is -1.59. The van der Waals surface area contributed by atoms with Crippen molar-refractivity contribution in [3.63, 3.8) is 0 Å². The van der Waals surface area contributed by atoms with Crippen LogP contribution in [0.2, 0.25) is 5.02 Å². The number of hydrogen-bond acceptors (Lipinski definition) is 9. The number of pyridine rings is 1. The summed E-state index contributed by atoms with van der Waals surface area (Å²) in [5.41, 5.74) is 9.05. The number of carbonyl (C=O) groups is 1. The Morgan fingerprint density at radius 3 is 2.25 bits per heavy atom. The third kappa shape index (κ3) is 10.2. The molecule has 1 unspecified atom stereocenters. The molecule has 10 nitrogen and oxygen atoms in total. The second kappa shape index (κ2) is 18.8. The molecule has 5 aromatic rings. The largest absolute Gasteiger partial charge is 0.488 e. The number of ether oxygens (including phenoxy) is 2. The van der Waals surface area contributed by atoms with Crippen molar-refractivity contribution in [2.45, 2.75) is 90.4 Å². The molecule has 0 bridgehead atoms. The van der Waals surface area contributed by atoms with E-state index in [0.717, 1.165) is 60.0 Å². The van der Waals surface area contributed by atoms with Gasteiger partial charge in [-0.1, -0.05) is 72.3 Å². The molecule has 1 aromatic heterocycles. The molecular weight excluding hydrogens is 740 g/mol. The summed E-state index contributed by atoms with van der Waals surface area (Å²) in [6.07, 6.45) is 6.67. The molecule has 11 heteroatoms. The maximum Gasteiger partial charge on any atom is 0.326 e. The molecule has 1 heterocycles. The topological polar surface area (TPSA) is 157 Å². The highest BCUT2D eigenvalue weighted by Crippen LogP contribution is 2.37. The molecule has 1 fully saturated rings. The maximum atomic E-state index is 11.9. The van der Waals surface area contributed by atoms with Gasteiger partial charge in [-0.15, -0.1) is 0 Å². The van der Waals surface area contributed by atoms with E-state index in [-0.39, 0.29) is 25.9 Å². The Morgan fingerprint density at radius 2 is 1.54 bits per heavy atom. The van der Waals surface area contributed by atoms with Gasteiger partial charge in [-0.3, -0.25) is 15.1 Å². The van der Waals surface area contributed by atoms with E-state index < -0.39 is 18.1 Å². The lowest BCUT2D eigenvalue weighted by atomic mass is 9.89. The molecule has 57 heavy (non-hydrogen) atoms. The first-order valence-electron chi connectivity index (χ1n) is 19.2. The van der Waals surface area contributed by atoms with Crippen LogP contribution < -0.4 is 20.1 Å². The van der Waals surface area contributed by atoms with E-state index in [2.05, 4.69) is 84.1 Å². The standard InChI is InChI=1S/C46H49ClN4O6/c1-29-35(6-4-8-40(29)41-9-5-7-39(30(41)2)34-12-10-31(11-13-34)24-50-37-14-16-38(53)17-15-37)27-57-44-20-43(56-26-33-18-32(21-48)22-49-23-33)36(19-42(44)47)25-51-46(3,28-52)45(54)55/h4-13,18-20,22-23,37-38,50-53H,14-17,24-28H2,1-3H3,(H,54,55)/t37-,38-,46?. The molecule has 1 atom stereocenters. The van der Waals surface area contributed by atoms with Crippen LogP contribution in [0.25, 0.3) is 22.3 Å². The van der Waals surface area contributed by atoms with Crippen LogP contribution in [0.15, 0.2) is 91.3 Å². The smallest absolute Gasteiger partial charge is 0.326 e. The number of hydrogen-bond donors (Lipinski definition) is 5. The molecule has 0 saturated heterocycles. The number of nitrogens with one attached hydrogen (secondary N) is 2. The van der Waals surface area contributed by atoms with E-state index in [1.807, 2.05) is 12.1 Å². The van der Waals surface area contributed by atoms with Crippen LogP contribution in [0.1, 0.15) is 71.6 Å². The monoisotopic (exact) mass is 788 g/mol. The van der Waals surface area contributed by atoms with Gasteiger partial charge in [0.05, 0.1) is 23.3 Å². The Labute approximate surface area is 339 Å². The van der Waals surface area contributed by atoms with Gasteiger partial charge in [-0.2, -0.15) is 5.26 Å². The van der Waals surface area contributed by atoms with Gasteiger partial charge in [0.2, 0.25) is 0 Å². The summed E-state index contributed by atoms with van der Waals surface area (Å²) in [7, 11) is 0. The number of benzene rings is 4. The summed E-state index contributed by atoms with van der Waals surface area (Å²) < 4.78 is 12.5. The molecule has 296 valence electrons. The van der Waals surface area contributed by atoms with Crippen molar-refractivity contribution in [2.24, 2.45) is 0 Å². The van der Waals surface area contributed by atoms with E-state index in [1.165, 1.54) is 29.8 Å². The lowest BCUT2D eigenvalue weighted by Gasteiger charge is -2.26. The number of nitriles is 1. The van der Waals surface area contributed by atoms with E-state index in [0.29, 0.717) is 39.3 Å². The summed E-state index contributed by atoms with van der Waals surface area (Å²) in [5, 5.41) is 45.5. The molecule has 0 spiro atoms. The first-order valence-corrected chi connectivity index (χ1v) is 19.6. The summed E-state index contributed by atoms with van der Waals surface area (Å²) in [6.45, 7) is 6.16. The first kappa shape index (κ1) is 41.4. The van der Waals surface area contributed by atoms with Crippen molar-refractivity contribution in [3.8, 4) is 39.8 Å². The molecule has 5 N–H and O–H groups in total. The SMILES string of the molecule is Cc1c(COc2cc(OCc3cncc(C#N)c3)c(CNC(C)(CO)C(=O)O)cc2Cl)cccc1-c1cccc(-c2ccc(CN[C@H]3CC[C@H](O)CC3)cc2)c1C. The van der Waals surface area contributed by atoms with Gasteiger partial charge in [0.25, 0.3) is 0 Å². The zero-order valence-electron chi connectivity index (χ0n) is 32.5. The fourth-order valence-corrected chi connectivity index (χ4v) is 7.35. The highest BCUT2D eigenvalue weighted by molar-refractivity contribution is 6.32. The predicted molar refractivity (Wildman–Crippen MR) is 221 cm³/mol. The number of aliphatic carboxylic acids is 1. The summed E-state index contributed by atoms with van der Waals surface area (Å²) in [4.78, 5) is 16.0. The summed E-state index contributed by atoms with van der Waals surface area (Å²) >= 11 is 6.77. The molecule has 1 aliphatic carbocycles. The van der Waals surface area contributed by atoms with Crippen molar-refractivity contribution >= 4 is 17.6 Å². The van der Waals surface area contributed by atoms with Crippen LogP contribution in [0.3, 0.4) is 0 Å². The number of nitrogens with zero attached hydrogens (tertiary/aromatic N) is 2. The predicted octanol–water partition coefficient (Wildman–Crippen LogP) is 8.03. The molecule has 4 aromatic carbocycles. The fraction of sp³-hybridized carbons (Fsp3) is 0.326. The van der Waals surface area contributed by atoms with Gasteiger partial charge >= 0.3 is 5.97 Å². The fourth-order valence-electron chi connectivity index (χ4n) is 7.11. The molecule has 0 radical (unpaired) electrons. The van der Waals surface area contributed by atoms with Gasteiger partial charge in [0.15, 0.2) is 0 Å². The van der Waals surface area contributed by atoms with Gasteiger partial charge in [-0.25, -0.2) is 0 Å². The number of aromatic nitrogens is 1. The lowest BCUT2D eigenvalue weighted by Crippen LogP contribution is -2.52. The van der Waals surface area contributed by atoms with Crippen LogP contribution in [0.5, 0.6) is 11.5 Å². The van der Waals surface area contributed by atoms with Crippen LogP contribution in [-0.4, -0.2) is 50.6 Å². The van der Waals surface area contributed by atoms with Gasteiger partial charge in [0.1, 0.15) is 36.3 Å². The van der Waals surface area contributed by atoms with E-state index in [1.54, 1.807) is 24.4 Å². The highest BCUT2D eigenvalue weighted by atomic mass is 35.5. The van der Waals surface area contributed by atoms with Crippen LogP contribution >= 0.6 is 11.6 Å². The normalized spacial score (nSPS) is 16.4. The van der Waals surface area contributed by atoms with Crippen LogP contribution in [-0.2, 0) is 31.1 Å². The van der Waals surface area contributed by atoms with Crippen molar-refractivity contribution in [2.75, 3.05) is 6.61 Å². The molecular formula is C46H49ClN4O6. The minimum Gasteiger partial charge on any atom is -0.488 e. The zero-order valence-corrected chi connectivity index (χ0v) is 33.3. The van der Waals surface area contributed by atoms with Crippen molar-refractivity contribution in [1.29, 1.82) is 5.26 Å². The Kier molecular flexibility index (Phi) is 13.6. The average molecular weight is 789 g/mol. The molecule has 6 rings (SSSR count). The summed E-state index contributed by atoms with van der Waals surface area (Å²) in [5.74, 6) is -0.434. The Hall–Kier alpha value is -5.28. The first-order chi connectivity index (χ1) is 27.5. The highest BCUT2D eigenvalue weighted by Gasteiger charge is 2.32. The maximum absolute atomic E-state index is 11.9. The van der Waals surface area contributed by atoms with E-state index in [4.69, 9.17) is 21.1 Å². The number of halogens is 1. The molecule has 1 saturated carbocycles. The molecule has 0 aliphatic heterocycles. The van der Waals surface area contributed by atoms with Gasteiger partial charge in [-0.05, 0) is 103 Å². The Morgan fingerprint density at radius 1 is 0.860 bits per heavy atom. The number of aliphatic hydroxyl groups excluding tert-OH is 2. The lowest BCUT2D eigenvalue weighted by molar-refractivity contribution is -0.145. The number of carboxylic acids is 1. The van der Waals surface area contributed by atoms with Gasteiger partial charge in [0, 0.05) is 48.7 Å². The number of aliphatic hydroxyl groups is 2. The van der Waals surface area contributed by atoms with Crippen molar-refractivity contribution in [3.05, 3.63) is 135 Å². The van der Waals surface area contributed by atoms with Crippen molar-refractivity contribution < 1.29 is 29.6 Å². The summed E-state index contributed by atoms with van der Waals surface area (Å²) in [6, 6.07) is 28.9. The van der Waals surface area contributed by atoms with E-state index in [9.17, 15) is 25.4 Å². The Balaban J connectivity index is 1.19. The molecule has 1 aliphatic rings. The van der Waals surface area contributed by atoms with Crippen LogP contribution in [0.4, 0.5) is 0 Å². The number of carboxylic acid groups (broad SMARTS) is 1. The molecule has 0 amide bonds. The van der Waals surface area contributed by atoms with Crippen LogP contribution in [0, 0.1) is 25.2 Å². The average Bonchev–Trinajstić information content (AvgIpc) is 3.22. The van der Waals surface area contributed by atoms with Gasteiger partial charge < -0.3 is 30.1 Å². The third-order valence-electron chi connectivity index (χ3n) is 10.9. The Bertz CT molecular complexity index is 2230. The minimum absolute atomic E-state index is 0.0307. The number of rotatable bonds is 16.